The molecule has 0 nitrogen and oxygen atoms in total. The highest BCUT2D eigenvalue weighted by Crippen LogP contribution is 2.31. The van der Waals surface area contributed by atoms with Gasteiger partial charge in [0.1, 0.15) is 0 Å². The fourth-order valence-electron chi connectivity index (χ4n) is 2.75. The lowest BCUT2D eigenvalue weighted by molar-refractivity contribution is 0.876. The summed E-state index contributed by atoms with van der Waals surface area (Å²) in [6.45, 7) is 6.66. The van der Waals surface area contributed by atoms with Gasteiger partial charge in [-0.15, -0.1) is 0 Å². The van der Waals surface area contributed by atoms with Gasteiger partial charge >= 0.3 is 0 Å². The van der Waals surface area contributed by atoms with Crippen LogP contribution in [0.5, 0.6) is 0 Å². The van der Waals surface area contributed by atoms with Crippen LogP contribution in [-0.4, -0.2) is 0 Å². The predicted octanol–water partition coefficient (Wildman–Crippen LogP) is 5.42. The fourth-order valence-corrected chi connectivity index (χ4v) is 2.75. The lowest BCUT2D eigenvalue weighted by Crippen LogP contribution is -1.89. The van der Waals surface area contributed by atoms with Gasteiger partial charge in [-0.05, 0) is 39.9 Å². The summed E-state index contributed by atoms with van der Waals surface area (Å²) in [4.78, 5) is 0. The average Bonchev–Trinajstić information content (AvgIpc) is 2.37. The Morgan fingerprint density at radius 2 is 1.56 bits per heavy atom. The highest BCUT2D eigenvalue weighted by molar-refractivity contribution is 6.08. The van der Waals surface area contributed by atoms with Crippen molar-refractivity contribution in [2.24, 2.45) is 0 Å². The van der Waals surface area contributed by atoms with Crippen LogP contribution in [0.25, 0.3) is 21.5 Å². The van der Waals surface area contributed by atoms with Crippen molar-refractivity contribution in [3.8, 4) is 0 Å². The standard InChI is InChI=1S/C18H18/c1-12(2)15-5-4-6-17-16-9-7-13(3)11-14(16)8-10-18(15)17/h4-12H,1-3H3. The Morgan fingerprint density at radius 3 is 2.33 bits per heavy atom. The van der Waals surface area contributed by atoms with E-state index in [1.54, 1.807) is 0 Å². The summed E-state index contributed by atoms with van der Waals surface area (Å²) in [6, 6.07) is 17.9. The molecular formula is C18H18. The van der Waals surface area contributed by atoms with Gasteiger partial charge in [0.15, 0.2) is 0 Å². The van der Waals surface area contributed by atoms with Crippen LogP contribution in [0.15, 0.2) is 48.5 Å². The average molecular weight is 234 g/mol. The van der Waals surface area contributed by atoms with Crippen molar-refractivity contribution in [1.29, 1.82) is 0 Å². The molecule has 0 saturated heterocycles. The fraction of sp³-hybridized carbons (Fsp3) is 0.222. The number of benzene rings is 3. The van der Waals surface area contributed by atoms with E-state index in [0.717, 1.165) is 0 Å². The van der Waals surface area contributed by atoms with Crippen molar-refractivity contribution in [3.05, 3.63) is 59.7 Å². The first-order valence-corrected chi connectivity index (χ1v) is 6.59. The molecule has 3 aromatic rings. The second kappa shape index (κ2) is 4.13. The van der Waals surface area contributed by atoms with E-state index in [4.69, 9.17) is 0 Å². The molecular weight excluding hydrogens is 216 g/mol. The molecule has 0 aliphatic heterocycles. The molecule has 3 rings (SSSR count). The van der Waals surface area contributed by atoms with Crippen molar-refractivity contribution in [3.63, 3.8) is 0 Å². The van der Waals surface area contributed by atoms with Gasteiger partial charge in [-0.3, -0.25) is 0 Å². The SMILES string of the molecule is Cc1ccc2c(ccc3c(C(C)C)cccc32)c1. The Bertz CT molecular complexity index is 721. The van der Waals surface area contributed by atoms with Crippen LogP contribution in [0.4, 0.5) is 0 Å². The first-order valence-electron chi connectivity index (χ1n) is 6.59. The molecule has 0 unspecified atom stereocenters. The zero-order chi connectivity index (χ0) is 12.7. The second-order valence-electron chi connectivity index (χ2n) is 5.39. The summed E-state index contributed by atoms with van der Waals surface area (Å²) in [5, 5.41) is 5.46. The molecule has 0 heterocycles. The van der Waals surface area contributed by atoms with E-state index in [9.17, 15) is 0 Å². The molecule has 0 spiro atoms. The zero-order valence-electron chi connectivity index (χ0n) is 11.2. The maximum absolute atomic E-state index is 2.27. The van der Waals surface area contributed by atoms with E-state index in [-0.39, 0.29) is 0 Å². The third-order valence-electron chi connectivity index (χ3n) is 3.69. The van der Waals surface area contributed by atoms with Crippen molar-refractivity contribution in [2.75, 3.05) is 0 Å². The number of aryl methyl sites for hydroxylation is 1. The number of hydrogen-bond acceptors (Lipinski definition) is 0. The van der Waals surface area contributed by atoms with Gasteiger partial charge < -0.3 is 0 Å². The Morgan fingerprint density at radius 1 is 0.778 bits per heavy atom. The van der Waals surface area contributed by atoms with Crippen LogP contribution >= 0.6 is 0 Å². The molecule has 0 aromatic heterocycles. The third kappa shape index (κ3) is 1.69. The van der Waals surface area contributed by atoms with Crippen LogP contribution in [0.2, 0.25) is 0 Å². The van der Waals surface area contributed by atoms with Gasteiger partial charge in [0.25, 0.3) is 0 Å². The second-order valence-corrected chi connectivity index (χ2v) is 5.39. The highest BCUT2D eigenvalue weighted by atomic mass is 14.1. The molecule has 3 aromatic carbocycles. The quantitative estimate of drug-likeness (QED) is 0.493. The maximum Gasteiger partial charge on any atom is -0.0103 e. The smallest absolute Gasteiger partial charge is 0.0103 e. The number of hydrogen-bond donors (Lipinski definition) is 0. The summed E-state index contributed by atoms with van der Waals surface area (Å²) in [6.07, 6.45) is 0. The van der Waals surface area contributed by atoms with Crippen molar-refractivity contribution < 1.29 is 0 Å². The minimum absolute atomic E-state index is 0.566. The van der Waals surface area contributed by atoms with Gasteiger partial charge in [-0.2, -0.15) is 0 Å². The molecule has 90 valence electrons. The largest absolute Gasteiger partial charge is 0.0613 e. The first kappa shape index (κ1) is 11.3. The van der Waals surface area contributed by atoms with Crippen LogP contribution in [0.1, 0.15) is 30.9 Å². The number of fused-ring (bicyclic) bond motifs is 3. The summed E-state index contributed by atoms with van der Waals surface area (Å²) in [5.74, 6) is 0.566. The molecule has 0 heteroatoms. The van der Waals surface area contributed by atoms with Crippen LogP contribution < -0.4 is 0 Å². The summed E-state index contributed by atoms with van der Waals surface area (Å²) >= 11 is 0. The normalized spacial score (nSPS) is 11.6. The third-order valence-corrected chi connectivity index (χ3v) is 3.69. The Labute approximate surface area is 108 Å². The van der Waals surface area contributed by atoms with Gasteiger partial charge in [-0.1, -0.05) is 67.9 Å². The van der Waals surface area contributed by atoms with Crippen molar-refractivity contribution >= 4 is 21.5 Å². The van der Waals surface area contributed by atoms with E-state index >= 15 is 0 Å². The van der Waals surface area contributed by atoms with Gasteiger partial charge in [0, 0.05) is 0 Å². The molecule has 0 aliphatic rings. The first-order chi connectivity index (χ1) is 8.66. The minimum Gasteiger partial charge on any atom is -0.0613 e. The molecule has 0 radical (unpaired) electrons. The minimum atomic E-state index is 0.566. The van der Waals surface area contributed by atoms with E-state index in [1.807, 2.05) is 0 Å². The zero-order valence-corrected chi connectivity index (χ0v) is 11.2. The van der Waals surface area contributed by atoms with E-state index in [1.165, 1.54) is 32.7 Å². The lowest BCUT2D eigenvalue weighted by Gasteiger charge is -2.12. The van der Waals surface area contributed by atoms with Gasteiger partial charge in [-0.25, -0.2) is 0 Å². The molecule has 0 fully saturated rings. The maximum atomic E-state index is 2.27. The lowest BCUT2D eigenvalue weighted by atomic mass is 9.93. The van der Waals surface area contributed by atoms with Crippen molar-refractivity contribution in [1.82, 2.24) is 0 Å². The Hall–Kier alpha value is -1.82. The van der Waals surface area contributed by atoms with E-state index < -0.39 is 0 Å². The molecule has 0 atom stereocenters. The molecule has 0 N–H and O–H groups in total. The molecule has 0 aliphatic carbocycles. The molecule has 0 amide bonds. The topological polar surface area (TPSA) is 0 Å². The van der Waals surface area contributed by atoms with Crippen molar-refractivity contribution in [2.45, 2.75) is 26.7 Å². The van der Waals surface area contributed by atoms with Gasteiger partial charge in [0.2, 0.25) is 0 Å². The molecule has 18 heavy (non-hydrogen) atoms. The Kier molecular flexibility index (Phi) is 2.59. The van der Waals surface area contributed by atoms with Crippen LogP contribution in [0, 0.1) is 6.92 Å². The summed E-state index contributed by atoms with van der Waals surface area (Å²) in [7, 11) is 0. The Balaban J connectivity index is 2.45. The summed E-state index contributed by atoms with van der Waals surface area (Å²) < 4.78 is 0. The number of rotatable bonds is 1. The molecule has 0 saturated carbocycles. The van der Waals surface area contributed by atoms with E-state index in [2.05, 4.69) is 69.3 Å². The highest BCUT2D eigenvalue weighted by Gasteiger charge is 2.07. The van der Waals surface area contributed by atoms with Gasteiger partial charge in [0.05, 0.1) is 0 Å². The van der Waals surface area contributed by atoms with Crippen LogP contribution in [0.3, 0.4) is 0 Å². The van der Waals surface area contributed by atoms with E-state index in [0.29, 0.717) is 5.92 Å². The monoisotopic (exact) mass is 234 g/mol. The summed E-state index contributed by atoms with van der Waals surface area (Å²) in [5.41, 5.74) is 2.76. The predicted molar refractivity (Wildman–Crippen MR) is 80.3 cm³/mol. The van der Waals surface area contributed by atoms with Crippen LogP contribution in [-0.2, 0) is 0 Å². The molecule has 0 bridgehead atoms.